The Morgan fingerprint density at radius 2 is 2.00 bits per heavy atom. The molecule has 1 aromatic rings. The molecule has 4 heteroatoms. The molecule has 1 aromatic carbocycles. The first kappa shape index (κ1) is 14.8. The molecule has 96 valence electrons. The van der Waals surface area contributed by atoms with Crippen LogP contribution in [0.15, 0.2) is 24.3 Å². The highest BCUT2D eigenvalue weighted by atomic mass is 35.5. The summed E-state index contributed by atoms with van der Waals surface area (Å²) in [6, 6.07) is 8.51. The van der Waals surface area contributed by atoms with Gasteiger partial charge in [-0.25, -0.2) is 0 Å². The number of nitrogens with one attached hydrogen (secondary N) is 1. The van der Waals surface area contributed by atoms with Gasteiger partial charge in [-0.15, -0.1) is 0 Å². The summed E-state index contributed by atoms with van der Waals surface area (Å²) in [6.45, 7) is 2.36. The summed E-state index contributed by atoms with van der Waals surface area (Å²) in [4.78, 5) is 0. The Kier molecular flexibility index (Phi) is 6.97. The van der Waals surface area contributed by atoms with E-state index in [2.05, 4.69) is 18.5 Å². The minimum absolute atomic E-state index is 0.228. The highest BCUT2D eigenvalue weighted by Gasteiger charge is 2.12. The molecular weight excluding hydrogens is 254 g/mol. The molecular formula is C13H20ClNOS. The van der Waals surface area contributed by atoms with Crippen LogP contribution in [0.5, 0.6) is 0 Å². The summed E-state index contributed by atoms with van der Waals surface area (Å²) in [5.41, 5.74) is 1.22. The fraction of sp³-hybridized carbons (Fsp3) is 0.538. The van der Waals surface area contributed by atoms with E-state index < -0.39 is 0 Å². The van der Waals surface area contributed by atoms with Gasteiger partial charge in [0.1, 0.15) is 0 Å². The normalized spacial score (nSPS) is 14.6. The lowest BCUT2D eigenvalue weighted by Crippen LogP contribution is -2.34. The molecule has 2 nitrogen and oxygen atoms in total. The monoisotopic (exact) mass is 273 g/mol. The highest BCUT2D eigenvalue weighted by molar-refractivity contribution is 7.98. The summed E-state index contributed by atoms with van der Waals surface area (Å²) in [6.07, 6.45) is 2.87. The van der Waals surface area contributed by atoms with Gasteiger partial charge < -0.3 is 10.4 Å². The van der Waals surface area contributed by atoms with Gasteiger partial charge >= 0.3 is 0 Å². The first-order valence-electron chi connectivity index (χ1n) is 5.78. The predicted octanol–water partition coefficient (Wildman–Crippen LogP) is 3.10. The third-order valence-corrected chi connectivity index (χ3v) is 3.69. The van der Waals surface area contributed by atoms with Crippen molar-refractivity contribution in [1.82, 2.24) is 5.32 Å². The fourth-order valence-corrected chi connectivity index (χ4v) is 2.56. The standard InChI is InChI=1S/C13H20ClNOS/c1-10(11-3-5-12(14)6-4-11)15-13(7-8-16)9-17-2/h3-6,10,13,15-16H,7-9H2,1-2H3. The van der Waals surface area contributed by atoms with Crippen molar-refractivity contribution in [2.45, 2.75) is 25.4 Å². The van der Waals surface area contributed by atoms with Crippen LogP contribution >= 0.6 is 23.4 Å². The van der Waals surface area contributed by atoms with Crippen molar-refractivity contribution >= 4 is 23.4 Å². The molecule has 0 saturated carbocycles. The Bertz CT molecular complexity index is 312. The number of halogens is 1. The van der Waals surface area contributed by atoms with Crippen molar-refractivity contribution in [1.29, 1.82) is 0 Å². The maximum Gasteiger partial charge on any atom is 0.0446 e. The SMILES string of the molecule is CSCC(CCO)NC(C)c1ccc(Cl)cc1. The molecule has 0 fully saturated rings. The summed E-state index contributed by atoms with van der Waals surface area (Å²) in [7, 11) is 0. The molecule has 2 N–H and O–H groups in total. The molecule has 0 amide bonds. The van der Waals surface area contributed by atoms with Crippen molar-refractivity contribution in [3.8, 4) is 0 Å². The molecule has 0 heterocycles. The number of thioether (sulfide) groups is 1. The van der Waals surface area contributed by atoms with Gasteiger partial charge in [0, 0.05) is 29.5 Å². The van der Waals surface area contributed by atoms with E-state index in [0.717, 1.165) is 17.2 Å². The Labute approximate surface area is 113 Å². The van der Waals surface area contributed by atoms with Crippen LogP contribution in [-0.4, -0.2) is 29.8 Å². The van der Waals surface area contributed by atoms with Gasteiger partial charge in [-0.2, -0.15) is 11.8 Å². The van der Waals surface area contributed by atoms with Gasteiger partial charge in [0.2, 0.25) is 0 Å². The van der Waals surface area contributed by atoms with Crippen molar-refractivity contribution in [2.24, 2.45) is 0 Å². The number of rotatable bonds is 7. The molecule has 0 radical (unpaired) electrons. The van der Waals surface area contributed by atoms with Crippen LogP contribution in [0.2, 0.25) is 5.02 Å². The lowest BCUT2D eigenvalue weighted by molar-refractivity contribution is 0.265. The average molecular weight is 274 g/mol. The number of hydrogen-bond acceptors (Lipinski definition) is 3. The third-order valence-electron chi connectivity index (χ3n) is 2.70. The molecule has 1 rings (SSSR count). The minimum Gasteiger partial charge on any atom is -0.396 e. The van der Waals surface area contributed by atoms with Gasteiger partial charge in [0.05, 0.1) is 0 Å². The van der Waals surface area contributed by atoms with E-state index in [1.165, 1.54) is 5.56 Å². The molecule has 0 spiro atoms. The third kappa shape index (κ3) is 5.30. The summed E-state index contributed by atoms with van der Waals surface area (Å²) in [5, 5.41) is 13.3. The fourth-order valence-electron chi connectivity index (χ4n) is 1.77. The van der Waals surface area contributed by atoms with E-state index in [1.807, 2.05) is 24.3 Å². The Morgan fingerprint density at radius 3 is 2.53 bits per heavy atom. The Balaban J connectivity index is 2.56. The van der Waals surface area contributed by atoms with Crippen LogP contribution in [0.4, 0.5) is 0 Å². The zero-order valence-corrected chi connectivity index (χ0v) is 11.9. The van der Waals surface area contributed by atoms with Crippen molar-refractivity contribution < 1.29 is 5.11 Å². The molecule has 0 aliphatic carbocycles. The van der Waals surface area contributed by atoms with E-state index in [4.69, 9.17) is 16.7 Å². The number of hydrogen-bond donors (Lipinski definition) is 2. The quantitative estimate of drug-likeness (QED) is 0.801. The van der Waals surface area contributed by atoms with E-state index in [0.29, 0.717) is 6.04 Å². The van der Waals surface area contributed by atoms with E-state index in [1.54, 1.807) is 11.8 Å². The van der Waals surface area contributed by atoms with Gasteiger partial charge in [0.15, 0.2) is 0 Å². The molecule has 0 bridgehead atoms. The first-order valence-corrected chi connectivity index (χ1v) is 7.56. The van der Waals surface area contributed by atoms with Crippen LogP contribution in [0.25, 0.3) is 0 Å². The second-order valence-corrected chi connectivity index (χ2v) is 5.45. The van der Waals surface area contributed by atoms with Crippen molar-refractivity contribution in [3.05, 3.63) is 34.9 Å². The predicted molar refractivity (Wildman–Crippen MR) is 76.9 cm³/mol. The Hall–Kier alpha value is -0.220. The van der Waals surface area contributed by atoms with E-state index >= 15 is 0 Å². The largest absolute Gasteiger partial charge is 0.396 e. The zero-order valence-electron chi connectivity index (χ0n) is 10.3. The van der Waals surface area contributed by atoms with Gasteiger partial charge in [-0.05, 0) is 37.3 Å². The van der Waals surface area contributed by atoms with Crippen LogP contribution in [0.3, 0.4) is 0 Å². The van der Waals surface area contributed by atoms with Crippen LogP contribution in [-0.2, 0) is 0 Å². The van der Waals surface area contributed by atoms with Crippen LogP contribution < -0.4 is 5.32 Å². The van der Waals surface area contributed by atoms with Gasteiger partial charge in [0.25, 0.3) is 0 Å². The van der Waals surface area contributed by atoms with Crippen LogP contribution in [0.1, 0.15) is 24.9 Å². The topological polar surface area (TPSA) is 32.3 Å². The molecule has 0 saturated heterocycles. The van der Waals surface area contributed by atoms with Crippen LogP contribution in [0, 0.1) is 0 Å². The maximum atomic E-state index is 9.02. The number of aliphatic hydroxyl groups is 1. The summed E-state index contributed by atoms with van der Waals surface area (Å²) in [5.74, 6) is 1.01. The number of aliphatic hydroxyl groups excluding tert-OH is 1. The Morgan fingerprint density at radius 1 is 1.35 bits per heavy atom. The average Bonchev–Trinajstić information content (AvgIpc) is 2.30. The van der Waals surface area contributed by atoms with Crippen molar-refractivity contribution in [3.63, 3.8) is 0 Å². The maximum absolute atomic E-state index is 9.02. The smallest absolute Gasteiger partial charge is 0.0446 e. The summed E-state index contributed by atoms with van der Waals surface area (Å²) >= 11 is 7.66. The molecule has 2 unspecified atom stereocenters. The lowest BCUT2D eigenvalue weighted by atomic mass is 10.1. The second-order valence-electron chi connectivity index (χ2n) is 4.10. The second kappa shape index (κ2) is 7.98. The van der Waals surface area contributed by atoms with E-state index in [-0.39, 0.29) is 12.6 Å². The molecule has 2 atom stereocenters. The molecule has 0 aliphatic rings. The van der Waals surface area contributed by atoms with Gasteiger partial charge in [-0.3, -0.25) is 0 Å². The summed E-state index contributed by atoms with van der Waals surface area (Å²) < 4.78 is 0. The first-order chi connectivity index (χ1) is 8.17. The molecule has 17 heavy (non-hydrogen) atoms. The minimum atomic E-state index is 0.228. The molecule has 0 aromatic heterocycles. The molecule has 0 aliphatic heterocycles. The van der Waals surface area contributed by atoms with Gasteiger partial charge in [-0.1, -0.05) is 23.7 Å². The number of benzene rings is 1. The van der Waals surface area contributed by atoms with Crippen molar-refractivity contribution in [2.75, 3.05) is 18.6 Å². The lowest BCUT2D eigenvalue weighted by Gasteiger charge is -2.22. The highest BCUT2D eigenvalue weighted by Crippen LogP contribution is 2.17. The zero-order chi connectivity index (χ0) is 12.7. The van der Waals surface area contributed by atoms with E-state index in [9.17, 15) is 0 Å².